The summed E-state index contributed by atoms with van der Waals surface area (Å²) in [6.45, 7) is 8.24. The molecule has 2 N–H and O–H groups in total. The molecule has 2 aromatic carbocycles. The first-order chi connectivity index (χ1) is 19.6. The van der Waals surface area contributed by atoms with Crippen LogP contribution in [0.1, 0.15) is 41.2 Å². The maximum atomic E-state index is 13.7. The number of sulfonamides is 2. The number of amides is 1. The number of nitrogens with zero attached hydrogens (tertiary/aromatic N) is 3. The Bertz CT molecular complexity index is 1650. The van der Waals surface area contributed by atoms with Crippen LogP contribution < -0.4 is 9.46 Å². The Kier molecular flexibility index (Phi) is 9.02. The van der Waals surface area contributed by atoms with Gasteiger partial charge in [0.15, 0.2) is 10.7 Å². The largest absolute Gasteiger partial charge is 0.488 e. The van der Waals surface area contributed by atoms with Crippen molar-refractivity contribution in [3.05, 3.63) is 65.0 Å². The standard InChI is InChI=1S/C28H36N4O8S2/c1-17-7-10-23(11-8-17)42(37,38)31(6)15-26-18(2)14-32(19(3)16-33)28(34)24-13-22(9-12-25(24)39-26)30-41(35,36)27-20(4)29-40-21(27)5/h7-13,18-19,26,30,33H,14-16H2,1-6H3/t18-,19+,26-/m1/s1. The monoisotopic (exact) mass is 620 g/mol. The van der Waals surface area contributed by atoms with Crippen LogP contribution in [0.25, 0.3) is 0 Å². The molecule has 0 unspecified atom stereocenters. The number of carbonyl (C=O) groups excluding carboxylic acids is 1. The quantitative estimate of drug-likeness (QED) is 0.367. The van der Waals surface area contributed by atoms with Crippen molar-refractivity contribution in [1.82, 2.24) is 14.4 Å². The van der Waals surface area contributed by atoms with Crippen LogP contribution in [0.5, 0.6) is 5.75 Å². The van der Waals surface area contributed by atoms with Gasteiger partial charge in [-0.1, -0.05) is 29.8 Å². The Morgan fingerprint density at radius 2 is 1.79 bits per heavy atom. The number of benzene rings is 2. The number of anilines is 1. The van der Waals surface area contributed by atoms with Crippen molar-refractivity contribution in [3.63, 3.8) is 0 Å². The van der Waals surface area contributed by atoms with E-state index in [0.29, 0.717) is 0 Å². The summed E-state index contributed by atoms with van der Waals surface area (Å²) >= 11 is 0. The SMILES string of the molecule is Cc1ccc(S(=O)(=O)N(C)C[C@H]2Oc3ccc(NS(=O)(=O)c4c(C)noc4C)cc3C(=O)N([C@@H](C)CO)C[C@H]2C)cc1. The Hall–Kier alpha value is -3.46. The van der Waals surface area contributed by atoms with Gasteiger partial charge in [0, 0.05) is 25.2 Å². The van der Waals surface area contributed by atoms with E-state index in [-0.39, 0.29) is 63.9 Å². The van der Waals surface area contributed by atoms with Crippen LogP contribution in [0.3, 0.4) is 0 Å². The Morgan fingerprint density at radius 1 is 1.12 bits per heavy atom. The molecule has 0 saturated carbocycles. The highest BCUT2D eigenvalue weighted by Crippen LogP contribution is 2.32. The van der Waals surface area contributed by atoms with E-state index in [4.69, 9.17) is 9.26 Å². The van der Waals surface area contributed by atoms with Crippen molar-refractivity contribution in [2.24, 2.45) is 5.92 Å². The fourth-order valence-electron chi connectivity index (χ4n) is 4.81. The van der Waals surface area contributed by atoms with Gasteiger partial charge in [-0.3, -0.25) is 9.52 Å². The lowest BCUT2D eigenvalue weighted by molar-refractivity contribution is 0.0387. The van der Waals surface area contributed by atoms with E-state index in [2.05, 4.69) is 9.88 Å². The molecular weight excluding hydrogens is 584 g/mol. The second-order valence-corrected chi connectivity index (χ2v) is 14.4. The van der Waals surface area contributed by atoms with Crippen molar-refractivity contribution in [2.75, 3.05) is 31.5 Å². The van der Waals surface area contributed by atoms with Crippen LogP contribution in [-0.4, -0.2) is 81.1 Å². The molecule has 1 aromatic heterocycles. The molecule has 14 heteroatoms. The number of aryl methyl sites for hydroxylation is 3. The summed E-state index contributed by atoms with van der Waals surface area (Å²) in [5.41, 5.74) is 1.29. The second-order valence-electron chi connectivity index (χ2n) is 10.7. The number of aliphatic hydroxyl groups is 1. The maximum absolute atomic E-state index is 13.7. The average molecular weight is 621 g/mol. The molecule has 12 nitrogen and oxygen atoms in total. The van der Waals surface area contributed by atoms with Gasteiger partial charge in [-0.25, -0.2) is 16.8 Å². The molecule has 1 aliphatic heterocycles. The highest BCUT2D eigenvalue weighted by atomic mass is 32.2. The minimum atomic E-state index is -4.09. The third-order valence-corrected chi connectivity index (χ3v) is 10.8. The lowest BCUT2D eigenvalue weighted by Gasteiger charge is -2.38. The molecule has 1 aliphatic rings. The Balaban J connectivity index is 1.69. The zero-order chi connectivity index (χ0) is 31.0. The number of aliphatic hydroxyl groups excluding tert-OH is 1. The van der Waals surface area contributed by atoms with E-state index in [0.717, 1.165) is 5.56 Å². The number of aromatic nitrogens is 1. The highest BCUT2D eigenvalue weighted by Gasteiger charge is 2.35. The number of fused-ring (bicyclic) bond motifs is 1. The molecule has 1 amide bonds. The van der Waals surface area contributed by atoms with Crippen molar-refractivity contribution >= 4 is 31.6 Å². The molecule has 2 heterocycles. The molecule has 42 heavy (non-hydrogen) atoms. The third-order valence-electron chi connectivity index (χ3n) is 7.32. The zero-order valence-electron chi connectivity index (χ0n) is 24.4. The molecule has 0 spiro atoms. The van der Waals surface area contributed by atoms with Gasteiger partial charge in [-0.2, -0.15) is 4.31 Å². The number of ether oxygens (including phenoxy) is 1. The summed E-state index contributed by atoms with van der Waals surface area (Å²) in [4.78, 5) is 15.3. The first-order valence-electron chi connectivity index (χ1n) is 13.4. The van der Waals surface area contributed by atoms with Crippen molar-refractivity contribution in [3.8, 4) is 5.75 Å². The molecule has 3 aromatic rings. The smallest absolute Gasteiger partial charge is 0.267 e. The molecule has 0 saturated heterocycles. The van der Waals surface area contributed by atoms with Crippen LogP contribution in [0.15, 0.2) is 56.8 Å². The van der Waals surface area contributed by atoms with Crippen molar-refractivity contribution in [2.45, 2.75) is 56.6 Å². The minimum Gasteiger partial charge on any atom is -0.488 e. The summed E-state index contributed by atoms with van der Waals surface area (Å²) in [5.74, 6) is -0.511. The van der Waals surface area contributed by atoms with Gasteiger partial charge in [0.05, 0.1) is 29.7 Å². The van der Waals surface area contributed by atoms with E-state index in [9.17, 15) is 26.7 Å². The van der Waals surface area contributed by atoms with Gasteiger partial charge in [-0.05, 0) is 58.0 Å². The summed E-state index contributed by atoms with van der Waals surface area (Å²) < 4.78 is 67.8. The first kappa shape index (κ1) is 31.5. The predicted octanol–water partition coefficient (Wildman–Crippen LogP) is 2.94. The van der Waals surface area contributed by atoms with E-state index in [1.807, 2.05) is 13.8 Å². The molecule has 0 bridgehead atoms. The van der Waals surface area contributed by atoms with Crippen LogP contribution in [0, 0.1) is 26.7 Å². The highest BCUT2D eigenvalue weighted by molar-refractivity contribution is 7.92. The number of carbonyl (C=O) groups is 1. The van der Waals surface area contributed by atoms with Gasteiger partial charge in [0.25, 0.3) is 15.9 Å². The van der Waals surface area contributed by atoms with E-state index in [1.165, 1.54) is 48.3 Å². The summed E-state index contributed by atoms with van der Waals surface area (Å²) in [5, 5.41) is 13.6. The van der Waals surface area contributed by atoms with Crippen LogP contribution in [-0.2, 0) is 20.0 Å². The summed E-state index contributed by atoms with van der Waals surface area (Å²) in [6.07, 6.45) is -0.680. The topological polar surface area (TPSA) is 159 Å². The number of hydrogen-bond acceptors (Lipinski definition) is 9. The fraction of sp³-hybridized carbons (Fsp3) is 0.429. The lowest BCUT2D eigenvalue weighted by Crippen LogP contribution is -2.50. The first-order valence-corrected chi connectivity index (χ1v) is 16.3. The van der Waals surface area contributed by atoms with E-state index in [1.54, 1.807) is 31.2 Å². The number of hydrogen-bond donors (Lipinski definition) is 2. The van der Waals surface area contributed by atoms with Gasteiger partial charge in [-0.15, -0.1) is 0 Å². The average Bonchev–Trinajstić information content (AvgIpc) is 3.28. The fourth-order valence-corrected chi connectivity index (χ4v) is 7.37. The minimum absolute atomic E-state index is 0.0211. The van der Waals surface area contributed by atoms with Crippen LogP contribution in [0.2, 0.25) is 0 Å². The van der Waals surface area contributed by atoms with Gasteiger partial charge in [0.1, 0.15) is 17.5 Å². The third kappa shape index (κ3) is 6.31. The van der Waals surface area contributed by atoms with E-state index >= 15 is 0 Å². The Labute approximate surface area is 246 Å². The maximum Gasteiger partial charge on any atom is 0.267 e. The Morgan fingerprint density at radius 3 is 2.38 bits per heavy atom. The molecule has 228 valence electrons. The van der Waals surface area contributed by atoms with Gasteiger partial charge in [0.2, 0.25) is 10.0 Å². The van der Waals surface area contributed by atoms with Crippen molar-refractivity contribution < 1.29 is 36.0 Å². The second kappa shape index (κ2) is 12.0. The van der Waals surface area contributed by atoms with Gasteiger partial charge >= 0.3 is 0 Å². The predicted molar refractivity (Wildman–Crippen MR) is 155 cm³/mol. The summed E-state index contributed by atoms with van der Waals surface area (Å²) in [6, 6.07) is 10.3. The molecule has 4 rings (SSSR count). The lowest BCUT2D eigenvalue weighted by atomic mass is 9.99. The number of nitrogens with one attached hydrogen (secondary N) is 1. The molecule has 0 fully saturated rings. The molecule has 0 radical (unpaired) electrons. The normalized spacial score (nSPS) is 18.7. The number of likely N-dealkylation sites (N-methyl/N-ethyl adjacent to an activating group) is 1. The van der Waals surface area contributed by atoms with Crippen LogP contribution in [0.4, 0.5) is 5.69 Å². The molecule has 3 atom stereocenters. The van der Waals surface area contributed by atoms with E-state index < -0.39 is 38.1 Å². The molecular formula is C28H36N4O8S2. The van der Waals surface area contributed by atoms with Crippen molar-refractivity contribution in [1.29, 1.82) is 0 Å². The molecule has 0 aliphatic carbocycles. The van der Waals surface area contributed by atoms with Gasteiger partial charge < -0.3 is 19.3 Å². The zero-order valence-corrected chi connectivity index (χ0v) is 26.0. The summed E-state index contributed by atoms with van der Waals surface area (Å²) in [7, 11) is -6.46. The van der Waals surface area contributed by atoms with Crippen LogP contribution >= 0.6 is 0 Å². The number of rotatable bonds is 9.